The standard InChI is InChI=1S/C26H22Cl4N2O4/c1-14-2-8-18-19(12-14)26(36)32(25(18)35)31(24(34)16-5-9-20(29)21(30)13-16)22(10-11-27)23(33)15-3-6-17(28)7-4-15/h2-7,9,13,18-19,22H,8,10-12H2,1H3/t18-,19-,22-/m0/s1. The Kier molecular flexibility index (Phi) is 8.10. The molecule has 1 aliphatic carbocycles. The van der Waals surface area contributed by atoms with Gasteiger partial charge in [-0.15, -0.1) is 11.6 Å². The molecule has 188 valence electrons. The Morgan fingerprint density at radius 2 is 1.61 bits per heavy atom. The molecule has 4 rings (SSSR count). The number of hydrogen-bond donors (Lipinski definition) is 0. The highest BCUT2D eigenvalue weighted by atomic mass is 35.5. The molecule has 10 heteroatoms. The van der Waals surface area contributed by atoms with Gasteiger partial charge in [-0.2, -0.15) is 5.01 Å². The Morgan fingerprint density at radius 1 is 0.972 bits per heavy atom. The van der Waals surface area contributed by atoms with Crippen LogP contribution >= 0.6 is 46.4 Å². The van der Waals surface area contributed by atoms with Crippen LogP contribution in [-0.4, -0.2) is 45.4 Å². The number of carbonyl (C=O) groups is 4. The van der Waals surface area contributed by atoms with E-state index in [0.29, 0.717) is 17.9 Å². The Labute approximate surface area is 228 Å². The molecule has 36 heavy (non-hydrogen) atoms. The molecule has 1 heterocycles. The van der Waals surface area contributed by atoms with Gasteiger partial charge in [-0.1, -0.05) is 46.5 Å². The number of ketones is 1. The lowest BCUT2D eigenvalue weighted by Crippen LogP contribution is -2.57. The van der Waals surface area contributed by atoms with Gasteiger partial charge in [0.2, 0.25) is 0 Å². The maximum atomic E-state index is 13.9. The van der Waals surface area contributed by atoms with Gasteiger partial charge in [0, 0.05) is 22.0 Å². The van der Waals surface area contributed by atoms with E-state index in [4.69, 9.17) is 46.4 Å². The van der Waals surface area contributed by atoms with Crippen molar-refractivity contribution >= 4 is 69.9 Å². The van der Waals surface area contributed by atoms with Crippen LogP contribution < -0.4 is 0 Å². The summed E-state index contributed by atoms with van der Waals surface area (Å²) < 4.78 is 0. The maximum Gasteiger partial charge on any atom is 0.273 e. The highest BCUT2D eigenvalue weighted by molar-refractivity contribution is 6.42. The molecule has 1 aliphatic heterocycles. The van der Waals surface area contributed by atoms with Crippen molar-refractivity contribution < 1.29 is 19.2 Å². The number of rotatable bonds is 7. The molecule has 0 N–H and O–H groups in total. The average Bonchev–Trinajstić information content (AvgIpc) is 3.09. The quantitative estimate of drug-likeness (QED) is 0.172. The minimum absolute atomic E-state index is 0.000250. The van der Waals surface area contributed by atoms with E-state index >= 15 is 0 Å². The normalized spacial score (nSPS) is 20.1. The van der Waals surface area contributed by atoms with E-state index < -0.39 is 41.4 Å². The second kappa shape index (κ2) is 10.9. The molecule has 2 aromatic carbocycles. The Bertz CT molecular complexity index is 1260. The number of hydrazine groups is 1. The molecule has 0 aromatic heterocycles. The number of imide groups is 1. The molecular weight excluding hydrogens is 546 g/mol. The molecule has 2 aromatic rings. The van der Waals surface area contributed by atoms with Gasteiger partial charge in [-0.25, -0.2) is 5.01 Å². The Hall–Kier alpha value is -2.38. The number of benzene rings is 2. The number of nitrogens with zero attached hydrogens (tertiary/aromatic N) is 2. The summed E-state index contributed by atoms with van der Waals surface area (Å²) in [5, 5.41) is 2.58. The molecule has 0 bridgehead atoms. The van der Waals surface area contributed by atoms with Gasteiger partial charge in [0.25, 0.3) is 17.7 Å². The second-order valence-electron chi connectivity index (χ2n) is 8.83. The number of allylic oxidation sites excluding steroid dienone is 2. The summed E-state index contributed by atoms with van der Waals surface area (Å²) in [4.78, 5) is 54.7. The van der Waals surface area contributed by atoms with E-state index in [0.717, 1.165) is 15.6 Å². The number of Topliss-reactive ketones (excluding diaryl/α,β-unsaturated/α-hetero) is 1. The number of amides is 3. The lowest BCUT2D eigenvalue weighted by molar-refractivity contribution is -0.156. The van der Waals surface area contributed by atoms with Gasteiger partial charge >= 0.3 is 0 Å². The lowest BCUT2D eigenvalue weighted by Gasteiger charge is -2.36. The topological polar surface area (TPSA) is 74.8 Å². The van der Waals surface area contributed by atoms with Crippen molar-refractivity contribution in [1.82, 2.24) is 10.0 Å². The van der Waals surface area contributed by atoms with Crippen LogP contribution in [0.5, 0.6) is 0 Å². The van der Waals surface area contributed by atoms with E-state index in [1.807, 2.05) is 13.0 Å². The zero-order valence-corrected chi connectivity index (χ0v) is 22.2. The summed E-state index contributed by atoms with van der Waals surface area (Å²) in [6.45, 7) is 1.90. The summed E-state index contributed by atoms with van der Waals surface area (Å²) in [6, 6.07) is 9.12. The number of fused-ring (bicyclic) bond motifs is 1. The Balaban J connectivity index is 1.82. The molecule has 3 atom stereocenters. The van der Waals surface area contributed by atoms with Crippen LogP contribution in [0.25, 0.3) is 0 Å². The van der Waals surface area contributed by atoms with Crippen LogP contribution in [0.1, 0.15) is 46.9 Å². The zero-order valence-electron chi connectivity index (χ0n) is 19.2. The molecule has 3 amide bonds. The first-order chi connectivity index (χ1) is 17.1. The van der Waals surface area contributed by atoms with Crippen LogP contribution in [0, 0.1) is 11.8 Å². The van der Waals surface area contributed by atoms with Crippen LogP contribution in [0.2, 0.25) is 15.1 Å². The predicted molar refractivity (Wildman–Crippen MR) is 139 cm³/mol. The van der Waals surface area contributed by atoms with E-state index in [9.17, 15) is 19.2 Å². The predicted octanol–water partition coefficient (Wildman–Crippen LogP) is 6.23. The molecule has 1 saturated heterocycles. The SMILES string of the molecule is CC1=CC[C@@H]2C(=O)N(N(C(=O)c3ccc(Cl)c(Cl)c3)[C@@H](CCCl)C(=O)c3ccc(Cl)cc3)C(=O)[C@H]2C1. The van der Waals surface area contributed by atoms with Crippen LogP contribution in [0.15, 0.2) is 54.1 Å². The summed E-state index contributed by atoms with van der Waals surface area (Å²) in [7, 11) is 0. The third-order valence-electron chi connectivity index (χ3n) is 6.50. The first-order valence-corrected chi connectivity index (χ1v) is 13.0. The molecular formula is C26H22Cl4N2O4. The van der Waals surface area contributed by atoms with Gasteiger partial charge in [-0.05, 0) is 68.7 Å². The summed E-state index contributed by atoms with van der Waals surface area (Å²) >= 11 is 24.2. The highest BCUT2D eigenvalue weighted by Gasteiger charge is 2.53. The molecule has 0 radical (unpaired) electrons. The Morgan fingerprint density at radius 3 is 2.25 bits per heavy atom. The molecule has 0 unspecified atom stereocenters. The van der Waals surface area contributed by atoms with Gasteiger partial charge in [-0.3, -0.25) is 19.2 Å². The maximum absolute atomic E-state index is 13.9. The average molecular weight is 568 g/mol. The molecule has 0 spiro atoms. The number of alkyl halides is 1. The van der Waals surface area contributed by atoms with Crippen molar-refractivity contribution in [3.8, 4) is 0 Å². The number of halogens is 4. The molecule has 1 fully saturated rings. The van der Waals surface area contributed by atoms with Crippen molar-refractivity contribution in [1.29, 1.82) is 0 Å². The monoisotopic (exact) mass is 566 g/mol. The first-order valence-electron chi connectivity index (χ1n) is 11.3. The first kappa shape index (κ1) is 26.7. The van der Waals surface area contributed by atoms with Crippen molar-refractivity contribution in [2.24, 2.45) is 11.8 Å². The third-order valence-corrected chi connectivity index (χ3v) is 7.71. The fourth-order valence-electron chi connectivity index (χ4n) is 4.64. The highest BCUT2D eigenvalue weighted by Crippen LogP contribution is 2.39. The second-order valence-corrected chi connectivity index (χ2v) is 10.5. The van der Waals surface area contributed by atoms with Crippen molar-refractivity contribution in [3.05, 3.63) is 80.3 Å². The van der Waals surface area contributed by atoms with E-state index in [-0.39, 0.29) is 33.5 Å². The van der Waals surface area contributed by atoms with Gasteiger partial charge < -0.3 is 0 Å². The third kappa shape index (κ3) is 5.05. The zero-order chi connectivity index (χ0) is 26.1. The molecule has 2 aliphatic rings. The van der Waals surface area contributed by atoms with E-state index in [2.05, 4.69) is 0 Å². The fraction of sp³-hybridized carbons (Fsp3) is 0.308. The fourth-order valence-corrected chi connectivity index (χ4v) is 5.27. The smallest absolute Gasteiger partial charge is 0.273 e. The van der Waals surface area contributed by atoms with Gasteiger partial charge in [0.15, 0.2) is 5.78 Å². The van der Waals surface area contributed by atoms with E-state index in [1.165, 1.54) is 30.3 Å². The summed E-state index contributed by atoms with van der Waals surface area (Å²) in [6.07, 6.45) is 2.72. The number of carbonyl (C=O) groups excluding carboxylic acids is 4. The minimum Gasteiger partial charge on any atom is -0.292 e. The largest absolute Gasteiger partial charge is 0.292 e. The lowest BCUT2D eigenvalue weighted by atomic mass is 9.82. The number of hydrogen-bond acceptors (Lipinski definition) is 4. The summed E-state index contributed by atoms with van der Waals surface area (Å²) in [5.74, 6) is -3.47. The van der Waals surface area contributed by atoms with Crippen molar-refractivity contribution in [3.63, 3.8) is 0 Å². The van der Waals surface area contributed by atoms with Crippen molar-refractivity contribution in [2.45, 2.75) is 32.2 Å². The summed E-state index contributed by atoms with van der Waals surface area (Å²) in [5.41, 5.74) is 1.32. The molecule has 0 saturated carbocycles. The van der Waals surface area contributed by atoms with Gasteiger partial charge in [0.05, 0.1) is 21.9 Å². The minimum atomic E-state index is -1.23. The van der Waals surface area contributed by atoms with Crippen LogP contribution in [0.3, 0.4) is 0 Å². The van der Waals surface area contributed by atoms with Crippen LogP contribution in [-0.2, 0) is 9.59 Å². The van der Waals surface area contributed by atoms with Crippen molar-refractivity contribution in [2.75, 3.05) is 5.88 Å². The van der Waals surface area contributed by atoms with E-state index in [1.54, 1.807) is 12.1 Å². The van der Waals surface area contributed by atoms with Gasteiger partial charge in [0.1, 0.15) is 6.04 Å². The molecule has 6 nitrogen and oxygen atoms in total. The van der Waals surface area contributed by atoms with Crippen LogP contribution in [0.4, 0.5) is 0 Å².